The Hall–Kier alpha value is -3.60. The number of carbonyl (C=O) groups excluding carboxylic acids is 1. The van der Waals surface area contributed by atoms with Crippen molar-refractivity contribution in [1.29, 1.82) is 0 Å². The fourth-order valence-corrected chi connectivity index (χ4v) is 2.30. The molecule has 124 valence electrons. The van der Waals surface area contributed by atoms with Crippen LogP contribution in [-0.2, 0) is 0 Å². The van der Waals surface area contributed by atoms with Gasteiger partial charge in [0.05, 0.1) is 6.21 Å². The first-order valence-corrected chi connectivity index (χ1v) is 7.64. The van der Waals surface area contributed by atoms with Gasteiger partial charge in [0.25, 0.3) is 5.91 Å². The molecule has 0 fully saturated rings. The summed E-state index contributed by atoms with van der Waals surface area (Å²) in [4.78, 5) is 12.1. The lowest BCUT2D eigenvalue weighted by Crippen LogP contribution is -2.17. The molecule has 0 aliphatic heterocycles. The number of carbonyl (C=O) groups is 1. The number of hydrazone groups is 1. The highest BCUT2D eigenvalue weighted by Crippen LogP contribution is 2.24. The minimum absolute atomic E-state index is 0.209. The lowest BCUT2D eigenvalue weighted by atomic mass is 10.0. The topological polar surface area (TPSA) is 81.9 Å². The van der Waals surface area contributed by atoms with Gasteiger partial charge >= 0.3 is 0 Å². The van der Waals surface area contributed by atoms with E-state index in [0.29, 0.717) is 11.1 Å². The number of hydrogen-bond acceptors (Lipinski definition) is 4. The SMILES string of the molecule is O=C(NN=Cc1ccc(O)c(O)c1)c1ccc(-c2ccccc2)cc1. The zero-order chi connectivity index (χ0) is 17.6. The van der Waals surface area contributed by atoms with Gasteiger partial charge in [0, 0.05) is 5.56 Å². The van der Waals surface area contributed by atoms with E-state index >= 15 is 0 Å². The quantitative estimate of drug-likeness (QED) is 0.388. The summed E-state index contributed by atoms with van der Waals surface area (Å²) in [5.41, 5.74) is 5.58. The first-order valence-electron chi connectivity index (χ1n) is 7.64. The molecule has 0 saturated carbocycles. The summed E-state index contributed by atoms with van der Waals surface area (Å²) in [5, 5.41) is 22.5. The van der Waals surface area contributed by atoms with E-state index in [-0.39, 0.29) is 17.4 Å². The second-order valence-electron chi connectivity index (χ2n) is 5.39. The number of aromatic hydroxyl groups is 2. The van der Waals surface area contributed by atoms with Crippen molar-refractivity contribution in [3.8, 4) is 22.6 Å². The Kier molecular flexibility index (Phi) is 4.76. The molecule has 0 atom stereocenters. The lowest BCUT2D eigenvalue weighted by molar-refractivity contribution is 0.0955. The zero-order valence-electron chi connectivity index (χ0n) is 13.3. The third-order valence-electron chi connectivity index (χ3n) is 3.63. The highest BCUT2D eigenvalue weighted by Gasteiger charge is 2.05. The number of nitrogens with zero attached hydrogens (tertiary/aromatic N) is 1. The number of nitrogens with one attached hydrogen (secondary N) is 1. The third kappa shape index (κ3) is 4.03. The van der Waals surface area contributed by atoms with Gasteiger partial charge in [-0.25, -0.2) is 5.43 Å². The molecule has 5 nitrogen and oxygen atoms in total. The van der Waals surface area contributed by atoms with Crippen molar-refractivity contribution in [2.75, 3.05) is 0 Å². The maximum atomic E-state index is 12.1. The standard InChI is InChI=1S/C20H16N2O3/c23-18-11-6-14(12-19(18)24)13-21-22-20(25)17-9-7-16(8-10-17)15-4-2-1-3-5-15/h1-13,23-24H,(H,22,25). The fourth-order valence-electron chi connectivity index (χ4n) is 2.30. The van der Waals surface area contributed by atoms with Crippen LogP contribution in [0.5, 0.6) is 11.5 Å². The summed E-state index contributed by atoms with van der Waals surface area (Å²) < 4.78 is 0. The van der Waals surface area contributed by atoms with Gasteiger partial charge < -0.3 is 10.2 Å². The van der Waals surface area contributed by atoms with Crippen LogP contribution in [0.15, 0.2) is 77.9 Å². The number of amides is 1. The average molecular weight is 332 g/mol. The van der Waals surface area contributed by atoms with E-state index in [9.17, 15) is 15.0 Å². The highest BCUT2D eigenvalue weighted by molar-refractivity contribution is 5.95. The summed E-state index contributed by atoms with van der Waals surface area (Å²) in [6.07, 6.45) is 1.38. The molecule has 0 aliphatic carbocycles. The Balaban J connectivity index is 1.65. The lowest BCUT2D eigenvalue weighted by Gasteiger charge is -2.04. The van der Waals surface area contributed by atoms with Crippen molar-refractivity contribution in [2.45, 2.75) is 0 Å². The van der Waals surface area contributed by atoms with E-state index in [0.717, 1.165) is 11.1 Å². The first-order chi connectivity index (χ1) is 12.1. The van der Waals surface area contributed by atoms with E-state index < -0.39 is 0 Å². The fraction of sp³-hybridized carbons (Fsp3) is 0. The minimum atomic E-state index is -0.334. The molecule has 0 aromatic heterocycles. The molecule has 0 aliphatic rings. The molecule has 0 bridgehead atoms. The van der Waals surface area contributed by atoms with Crippen molar-refractivity contribution in [2.24, 2.45) is 5.10 Å². The maximum Gasteiger partial charge on any atom is 0.271 e. The van der Waals surface area contributed by atoms with Gasteiger partial charge in [-0.05, 0) is 47.0 Å². The second kappa shape index (κ2) is 7.31. The van der Waals surface area contributed by atoms with Crippen LogP contribution in [0.25, 0.3) is 11.1 Å². The minimum Gasteiger partial charge on any atom is -0.504 e. The summed E-state index contributed by atoms with van der Waals surface area (Å²) >= 11 is 0. The monoisotopic (exact) mass is 332 g/mol. The Bertz CT molecular complexity index is 904. The Morgan fingerprint density at radius 1 is 0.840 bits per heavy atom. The molecular weight excluding hydrogens is 316 g/mol. The molecule has 0 unspecified atom stereocenters. The molecule has 3 N–H and O–H groups in total. The highest BCUT2D eigenvalue weighted by atomic mass is 16.3. The van der Waals surface area contributed by atoms with Crippen molar-refractivity contribution in [3.63, 3.8) is 0 Å². The second-order valence-corrected chi connectivity index (χ2v) is 5.39. The molecule has 0 saturated heterocycles. The molecule has 0 spiro atoms. The predicted molar refractivity (Wildman–Crippen MR) is 96.7 cm³/mol. The molecule has 25 heavy (non-hydrogen) atoms. The third-order valence-corrected chi connectivity index (χ3v) is 3.63. The molecule has 3 aromatic carbocycles. The van der Waals surface area contributed by atoms with E-state index in [1.807, 2.05) is 42.5 Å². The van der Waals surface area contributed by atoms with Gasteiger partial charge in [-0.15, -0.1) is 0 Å². The number of rotatable bonds is 4. The van der Waals surface area contributed by atoms with Crippen LogP contribution in [-0.4, -0.2) is 22.3 Å². The smallest absolute Gasteiger partial charge is 0.271 e. The van der Waals surface area contributed by atoms with Gasteiger partial charge in [0.1, 0.15) is 0 Å². The van der Waals surface area contributed by atoms with Crippen LogP contribution in [0.1, 0.15) is 15.9 Å². The van der Waals surface area contributed by atoms with Crippen LogP contribution < -0.4 is 5.43 Å². The van der Waals surface area contributed by atoms with Crippen LogP contribution in [0.2, 0.25) is 0 Å². The van der Waals surface area contributed by atoms with Crippen molar-refractivity contribution < 1.29 is 15.0 Å². The van der Waals surface area contributed by atoms with Crippen LogP contribution in [0.3, 0.4) is 0 Å². The molecule has 0 radical (unpaired) electrons. The first kappa shape index (κ1) is 16.3. The number of benzene rings is 3. The normalized spacial score (nSPS) is 10.7. The van der Waals surface area contributed by atoms with E-state index in [1.54, 1.807) is 18.2 Å². The zero-order valence-corrected chi connectivity index (χ0v) is 13.3. The van der Waals surface area contributed by atoms with Gasteiger partial charge in [-0.2, -0.15) is 5.10 Å². The Morgan fingerprint density at radius 2 is 1.52 bits per heavy atom. The summed E-state index contributed by atoms with van der Waals surface area (Å²) in [5.74, 6) is -0.787. The van der Waals surface area contributed by atoms with Gasteiger partial charge in [0.15, 0.2) is 11.5 Å². The van der Waals surface area contributed by atoms with E-state index in [4.69, 9.17) is 0 Å². The van der Waals surface area contributed by atoms with Crippen LogP contribution in [0, 0.1) is 0 Å². The number of phenolic OH excluding ortho intramolecular Hbond substituents is 2. The molecule has 0 heterocycles. The number of phenols is 2. The maximum absolute atomic E-state index is 12.1. The molecule has 3 rings (SSSR count). The molecule has 1 amide bonds. The van der Waals surface area contributed by atoms with Crippen molar-refractivity contribution in [1.82, 2.24) is 5.43 Å². The van der Waals surface area contributed by atoms with Crippen LogP contribution >= 0.6 is 0 Å². The Labute approximate surface area is 144 Å². The molecular formula is C20H16N2O3. The summed E-state index contributed by atoms with van der Waals surface area (Å²) in [7, 11) is 0. The van der Waals surface area contributed by atoms with Crippen molar-refractivity contribution >= 4 is 12.1 Å². The van der Waals surface area contributed by atoms with Crippen molar-refractivity contribution in [3.05, 3.63) is 83.9 Å². The Morgan fingerprint density at radius 3 is 2.20 bits per heavy atom. The number of hydrogen-bond donors (Lipinski definition) is 3. The van der Waals surface area contributed by atoms with Gasteiger partial charge in [0.2, 0.25) is 0 Å². The average Bonchev–Trinajstić information content (AvgIpc) is 2.65. The molecule has 3 aromatic rings. The van der Waals surface area contributed by atoms with Gasteiger partial charge in [-0.1, -0.05) is 42.5 Å². The predicted octanol–water partition coefficient (Wildman–Crippen LogP) is 3.53. The summed E-state index contributed by atoms with van der Waals surface area (Å²) in [6, 6.07) is 21.4. The van der Waals surface area contributed by atoms with E-state index in [2.05, 4.69) is 10.5 Å². The van der Waals surface area contributed by atoms with E-state index in [1.165, 1.54) is 18.3 Å². The largest absolute Gasteiger partial charge is 0.504 e. The molecule has 5 heteroatoms. The van der Waals surface area contributed by atoms with Crippen LogP contribution in [0.4, 0.5) is 0 Å². The van der Waals surface area contributed by atoms with Gasteiger partial charge in [-0.3, -0.25) is 4.79 Å². The summed E-state index contributed by atoms with van der Waals surface area (Å²) in [6.45, 7) is 0.